The summed E-state index contributed by atoms with van der Waals surface area (Å²) in [6.07, 6.45) is -0.107. The Balaban J connectivity index is 2.28. The van der Waals surface area contributed by atoms with Crippen molar-refractivity contribution in [1.82, 2.24) is 0 Å². The summed E-state index contributed by atoms with van der Waals surface area (Å²) in [6, 6.07) is 18.7. The topological polar surface area (TPSA) is 86.5 Å². The molecule has 5 nitrogen and oxygen atoms in total. The fourth-order valence-corrected chi connectivity index (χ4v) is 2.46. The first-order valence-electron chi connectivity index (χ1n) is 6.30. The maximum atomic E-state index is 11.7. The quantitative estimate of drug-likeness (QED) is 0.914. The van der Waals surface area contributed by atoms with Crippen molar-refractivity contribution < 1.29 is 17.4 Å². The first-order valence-corrected chi connectivity index (χ1v) is 7.78. The number of benzene rings is 2. The minimum Gasteiger partial charge on any atom is -0.334 e. The minimum absolute atomic E-state index is 0.107. The summed E-state index contributed by atoms with van der Waals surface area (Å²) in [6.45, 7) is 0. The van der Waals surface area contributed by atoms with E-state index in [4.69, 9.17) is 5.14 Å². The molecule has 0 spiro atoms. The van der Waals surface area contributed by atoms with Crippen LogP contribution in [0.2, 0.25) is 0 Å². The minimum atomic E-state index is -4.28. The zero-order chi connectivity index (χ0) is 15.3. The molecule has 0 saturated heterocycles. The number of carbonyl (C=O) groups excluding carboxylic acids is 1. The van der Waals surface area contributed by atoms with Crippen molar-refractivity contribution in [2.75, 3.05) is 0 Å². The van der Waals surface area contributed by atoms with E-state index in [1.165, 1.54) is 0 Å². The highest BCUT2D eigenvalue weighted by Crippen LogP contribution is 2.28. The molecule has 2 rings (SSSR count). The lowest BCUT2D eigenvalue weighted by atomic mass is 9.89. The second-order valence-corrected chi connectivity index (χ2v) is 5.68. The van der Waals surface area contributed by atoms with E-state index in [1.807, 2.05) is 60.7 Å². The van der Waals surface area contributed by atoms with Crippen LogP contribution in [0, 0.1) is 0 Å². The number of carbonyl (C=O) groups is 1. The first-order chi connectivity index (χ1) is 9.96. The molecule has 2 aromatic carbocycles. The van der Waals surface area contributed by atoms with Crippen LogP contribution in [-0.4, -0.2) is 14.4 Å². The monoisotopic (exact) mass is 305 g/mol. The molecule has 0 unspecified atom stereocenters. The molecule has 0 amide bonds. The Morgan fingerprint density at radius 3 is 1.76 bits per heavy atom. The fraction of sp³-hybridized carbons (Fsp3) is 0.133. The molecule has 0 bridgehead atoms. The number of nitrogens with two attached hydrogens (primary N) is 1. The number of rotatable bonds is 5. The average Bonchev–Trinajstić information content (AvgIpc) is 2.45. The zero-order valence-corrected chi connectivity index (χ0v) is 12.0. The van der Waals surface area contributed by atoms with Gasteiger partial charge in [0.15, 0.2) is 0 Å². The summed E-state index contributed by atoms with van der Waals surface area (Å²) in [4.78, 5) is 11.7. The van der Waals surface area contributed by atoms with E-state index >= 15 is 0 Å². The van der Waals surface area contributed by atoms with Crippen LogP contribution in [0.1, 0.15) is 23.5 Å². The Bertz CT molecular complexity index is 659. The van der Waals surface area contributed by atoms with Gasteiger partial charge in [-0.2, -0.15) is 13.6 Å². The van der Waals surface area contributed by atoms with Crippen LogP contribution in [0.4, 0.5) is 0 Å². The van der Waals surface area contributed by atoms with Crippen molar-refractivity contribution in [3.63, 3.8) is 0 Å². The van der Waals surface area contributed by atoms with E-state index < -0.39 is 16.3 Å². The molecule has 21 heavy (non-hydrogen) atoms. The molecule has 0 aromatic heterocycles. The van der Waals surface area contributed by atoms with E-state index in [0.717, 1.165) is 11.1 Å². The third-order valence-electron chi connectivity index (χ3n) is 2.98. The SMILES string of the molecule is NS(=O)(=O)OC(=O)CC(c1ccccc1)c1ccccc1. The van der Waals surface area contributed by atoms with Gasteiger partial charge in [-0.25, -0.2) is 0 Å². The maximum Gasteiger partial charge on any atom is 0.382 e. The molecule has 0 aliphatic carbocycles. The standard InChI is InChI=1S/C15H15NO4S/c16-21(18,19)20-15(17)11-14(12-7-3-1-4-8-12)13-9-5-2-6-10-13/h1-10,14H,11H2,(H2,16,18,19). The van der Waals surface area contributed by atoms with Gasteiger partial charge in [0, 0.05) is 5.92 Å². The van der Waals surface area contributed by atoms with Crippen LogP contribution in [0.15, 0.2) is 60.7 Å². The second-order valence-electron chi connectivity index (χ2n) is 4.53. The highest BCUT2D eigenvalue weighted by molar-refractivity contribution is 7.84. The molecule has 0 aliphatic rings. The molecule has 2 aromatic rings. The molecule has 110 valence electrons. The van der Waals surface area contributed by atoms with E-state index in [0.29, 0.717) is 0 Å². The van der Waals surface area contributed by atoms with Crippen molar-refractivity contribution in [2.45, 2.75) is 12.3 Å². The molecular formula is C15H15NO4S. The van der Waals surface area contributed by atoms with E-state index in [9.17, 15) is 13.2 Å². The van der Waals surface area contributed by atoms with Crippen molar-refractivity contribution in [3.05, 3.63) is 71.8 Å². The van der Waals surface area contributed by atoms with Crippen LogP contribution in [-0.2, 0) is 19.3 Å². The van der Waals surface area contributed by atoms with Gasteiger partial charge in [-0.1, -0.05) is 60.7 Å². The van der Waals surface area contributed by atoms with Gasteiger partial charge in [-0.05, 0) is 11.1 Å². The van der Waals surface area contributed by atoms with Gasteiger partial charge < -0.3 is 4.18 Å². The van der Waals surface area contributed by atoms with Gasteiger partial charge in [-0.3, -0.25) is 4.79 Å². The maximum absolute atomic E-state index is 11.7. The summed E-state index contributed by atoms with van der Waals surface area (Å²) in [5.74, 6) is -1.17. The first kappa shape index (κ1) is 15.2. The second kappa shape index (κ2) is 6.51. The van der Waals surface area contributed by atoms with Crippen molar-refractivity contribution in [3.8, 4) is 0 Å². The Kier molecular flexibility index (Phi) is 4.72. The predicted octanol–water partition coefficient (Wildman–Crippen LogP) is 1.96. The fourth-order valence-electron chi connectivity index (χ4n) is 2.13. The lowest BCUT2D eigenvalue weighted by Crippen LogP contribution is -2.22. The summed E-state index contributed by atoms with van der Waals surface area (Å²) >= 11 is 0. The summed E-state index contributed by atoms with van der Waals surface area (Å²) in [5.41, 5.74) is 1.80. The Morgan fingerprint density at radius 1 is 0.952 bits per heavy atom. The largest absolute Gasteiger partial charge is 0.382 e. The normalized spacial score (nSPS) is 11.3. The molecule has 2 N–H and O–H groups in total. The van der Waals surface area contributed by atoms with Crippen LogP contribution in [0.3, 0.4) is 0 Å². The molecule has 6 heteroatoms. The van der Waals surface area contributed by atoms with Crippen LogP contribution in [0.25, 0.3) is 0 Å². The lowest BCUT2D eigenvalue weighted by Gasteiger charge is -2.16. The summed E-state index contributed by atoms with van der Waals surface area (Å²) in [7, 11) is -4.28. The molecule has 0 fully saturated rings. The Hall–Kier alpha value is -2.18. The van der Waals surface area contributed by atoms with Gasteiger partial charge in [0.2, 0.25) is 0 Å². The van der Waals surface area contributed by atoms with E-state index in [1.54, 1.807) is 0 Å². The third-order valence-corrected chi connectivity index (χ3v) is 3.40. The van der Waals surface area contributed by atoms with Crippen LogP contribution >= 0.6 is 0 Å². The predicted molar refractivity (Wildman–Crippen MR) is 78.5 cm³/mol. The molecular weight excluding hydrogens is 290 g/mol. The highest BCUT2D eigenvalue weighted by atomic mass is 32.2. The molecule has 0 saturated carbocycles. The van der Waals surface area contributed by atoms with E-state index in [2.05, 4.69) is 4.18 Å². The molecule has 0 radical (unpaired) electrons. The third kappa shape index (κ3) is 4.70. The highest BCUT2D eigenvalue weighted by Gasteiger charge is 2.21. The Labute approximate surface area is 123 Å². The molecule has 0 heterocycles. The zero-order valence-electron chi connectivity index (χ0n) is 11.2. The van der Waals surface area contributed by atoms with Crippen molar-refractivity contribution in [2.24, 2.45) is 5.14 Å². The number of hydrogen-bond donors (Lipinski definition) is 1. The van der Waals surface area contributed by atoms with E-state index in [-0.39, 0.29) is 12.3 Å². The van der Waals surface area contributed by atoms with Gasteiger partial charge in [0.25, 0.3) is 0 Å². The smallest absolute Gasteiger partial charge is 0.334 e. The van der Waals surface area contributed by atoms with Gasteiger partial charge >= 0.3 is 16.3 Å². The average molecular weight is 305 g/mol. The van der Waals surface area contributed by atoms with Crippen molar-refractivity contribution >= 4 is 16.3 Å². The molecule has 0 aliphatic heterocycles. The summed E-state index contributed by atoms with van der Waals surface area (Å²) in [5, 5.41) is 4.72. The lowest BCUT2D eigenvalue weighted by molar-refractivity contribution is -0.134. The molecule has 0 atom stereocenters. The van der Waals surface area contributed by atoms with Crippen LogP contribution < -0.4 is 5.14 Å². The van der Waals surface area contributed by atoms with Gasteiger partial charge in [-0.15, -0.1) is 0 Å². The van der Waals surface area contributed by atoms with Crippen molar-refractivity contribution in [1.29, 1.82) is 0 Å². The number of hydrogen-bond acceptors (Lipinski definition) is 4. The van der Waals surface area contributed by atoms with Gasteiger partial charge in [0.1, 0.15) is 0 Å². The summed E-state index contributed by atoms with van der Waals surface area (Å²) < 4.78 is 25.9. The Morgan fingerprint density at radius 2 is 1.38 bits per heavy atom. The van der Waals surface area contributed by atoms with Crippen LogP contribution in [0.5, 0.6) is 0 Å². The van der Waals surface area contributed by atoms with Gasteiger partial charge in [0.05, 0.1) is 6.42 Å².